The molecule has 0 spiro atoms. The fourth-order valence-corrected chi connectivity index (χ4v) is 1.43. The lowest BCUT2D eigenvalue weighted by molar-refractivity contribution is -0.0966. The van der Waals surface area contributed by atoms with E-state index in [4.69, 9.17) is 14.2 Å². The van der Waals surface area contributed by atoms with E-state index in [9.17, 15) is 0 Å². The first-order valence-electron chi connectivity index (χ1n) is 5.98. The summed E-state index contributed by atoms with van der Waals surface area (Å²) in [5, 5.41) is 0. The van der Waals surface area contributed by atoms with Crippen LogP contribution in [-0.2, 0) is 20.8 Å². The Labute approximate surface area is 109 Å². The number of hydrogen-bond donors (Lipinski definition) is 0. The highest BCUT2D eigenvalue weighted by Crippen LogP contribution is 2.04. The maximum atomic E-state index is 5.63. The van der Waals surface area contributed by atoms with Gasteiger partial charge in [0.05, 0.1) is 19.3 Å². The molecule has 0 radical (unpaired) electrons. The monoisotopic (exact) mass is 248 g/mol. The number of methoxy groups -OCH3 is 1. The summed E-state index contributed by atoms with van der Waals surface area (Å²) in [6, 6.07) is 10.1. The topological polar surface area (TPSA) is 27.7 Å². The van der Waals surface area contributed by atoms with Gasteiger partial charge in [0.25, 0.3) is 0 Å². The first kappa shape index (κ1) is 14.7. The van der Waals surface area contributed by atoms with Gasteiger partial charge in [-0.15, -0.1) is 11.8 Å². The average Bonchev–Trinajstić information content (AvgIpc) is 2.42. The second kappa shape index (κ2) is 9.67. The minimum atomic E-state index is -0.0406. The minimum absolute atomic E-state index is 0.0406. The fraction of sp³-hybridized carbons (Fsp3) is 0.467. The van der Waals surface area contributed by atoms with Gasteiger partial charge in [-0.3, -0.25) is 0 Å². The van der Waals surface area contributed by atoms with E-state index in [0.29, 0.717) is 19.6 Å². The van der Waals surface area contributed by atoms with Gasteiger partial charge in [0.15, 0.2) is 0 Å². The van der Waals surface area contributed by atoms with Crippen LogP contribution in [0.25, 0.3) is 0 Å². The van der Waals surface area contributed by atoms with Crippen LogP contribution in [0.4, 0.5) is 0 Å². The standard InChI is InChI=1S/C15H20O3/c1-3-4-10-15(18-13-16-2)12-17-11-14-8-6-5-7-9-14/h5-9,15H,10-13H2,1-2H3. The molecule has 0 heterocycles. The van der Waals surface area contributed by atoms with Gasteiger partial charge in [-0.2, -0.15) is 0 Å². The molecule has 98 valence electrons. The lowest BCUT2D eigenvalue weighted by Gasteiger charge is -2.15. The van der Waals surface area contributed by atoms with Crippen molar-refractivity contribution in [3.05, 3.63) is 35.9 Å². The molecule has 0 saturated heterocycles. The van der Waals surface area contributed by atoms with Gasteiger partial charge in [0.2, 0.25) is 0 Å². The second-order valence-electron chi connectivity index (χ2n) is 3.83. The molecule has 0 aromatic heterocycles. The van der Waals surface area contributed by atoms with Gasteiger partial charge in [0.1, 0.15) is 6.79 Å². The van der Waals surface area contributed by atoms with Crippen LogP contribution in [0.2, 0.25) is 0 Å². The Morgan fingerprint density at radius 3 is 2.67 bits per heavy atom. The largest absolute Gasteiger partial charge is 0.374 e. The summed E-state index contributed by atoms with van der Waals surface area (Å²) in [5.41, 5.74) is 1.16. The average molecular weight is 248 g/mol. The van der Waals surface area contributed by atoms with Crippen LogP contribution in [0.3, 0.4) is 0 Å². The van der Waals surface area contributed by atoms with Crippen LogP contribution in [0, 0.1) is 11.8 Å². The van der Waals surface area contributed by atoms with Crippen molar-refractivity contribution in [3.63, 3.8) is 0 Å². The molecule has 1 atom stereocenters. The summed E-state index contributed by atoms with van der Waals surface area (Å²) < 4.78 is 16.0. The predicted octanol–water partition coefficient (Wildman–Crippen LogP) is 2.61. The molecule has 0 aliphatic rings. The Balaban J connectivity index is 2.29. The molecule has 0 aliphatic heterocycles. The zero-order chi connectivity index (χ0) is 13.1. The zero-order valence-corrected chi connectivity index (χ0v) is 11.0. The van der Waals surface area contributed by atoms with E-state index >= 15 is 0 Å². The third-order valence-electron chi connectivity index (χ3n) is 2.34. The van der Waals surface area contributed by atoms with Crippen molar-refractivity contribution in [3.8, 4) is 11.8 Å². The van der Waals surface area contributed by atoms with Crippen molar-refractivity contribution < 1.29 is 14.2 Å². The molecular weight excluding hydrogens is 228 g/mol. The van der Waals surface area contributed by atoms with E-state index in [2.05, 4.69) is 11.8 Å². The molecule has 1 unspecified atom stereocenters. The van der Waals surface area contributed by atoms with Crippen molar-refractivity contribution in [2.45, 2.75) is 26.1 Å². The summed E-state index contributed by atoms with van der Waals surface area (Å²) in [6.45, 7) is 3.20. The maximum absolute atomic E-state index is 5.63. The van der Waals surface area contributed by atoms with Crippen molar-refractivity contribution in [1.29, 1.82) is 0 Å². The van der Waals surface area contributed by atoms with Gasteiger partial charge < -0.3 is 14.2 Å². The van der Waals surface area contributed by atoms with E-state index in [0.717, 1.165) is 5.56 Å². The Kier molecular flexibility index (Phi) is 7.90. The van der Waals surface area contributed by atoms with Crippen LogP contribution < -0.4 is 0 Å². The molecule has 0 fully saturated rings. The summed E-state index contributed by atoms with van der Waals surface area (Å²) in [7, 11) is 1.60. The van der Waals surface area contributed by atoms with Crippen LogP contribution in [0.1, 0.15) is 18.9 Å². The molecule has 3 heteroatoms. The Hall–Kier alpha value is -1.34. The van der Waals surface area contributed by atoms with E-state index in [1.54, 1.807) is 7.11 Å². The highest BCUT2D eigenvalue weighted by molar-refractivity contribution is 5.13. The minimum Gasteiger partial charge on any atom is -0.374 e. The molecule has 1 aromatic rings. The highest BCUT2D eigenvalue weighted by Gasteiger charge is 2.07. The molecule has 18 heavy (non-hydrogen) atoms. The molecule has 0 aliphatic carbocycles. The third-order valence-corrected chi connectivity index (χ3v) is 2.34. The summed E-state index contributed by atoms with van der Waals surface area (Å²) in [4.78, 5) is 0. The predicted molar refractivity (Wildman–Crippen MR) is 70.9 cm³/mol. The Bertz CT molecular complexity index is 364. The van der Waals surface area contributed by atoms with E-state index in [1.165, 1.54) is 0 Å². The number of ether oxygens (including phenoxy) is 3. The number of hydrogen-bond acceptors (Lipinski definition) is 3. The van der Waals surface area contributed by atoms with Crippen LogP contribution in [0.5, 0.6) is 0 Å². The summed E-state index contributed by atoms with van der Waals surface area (Å²) in [5.74, 6) is 5.85. The lowest BCUT2D eigenvalue weighted by Crippen LogP contribution is -2.20. The van der Waals surface area contributed by atoms with Crippen LogP contribution >= 0.6 is 0 Å². The second-order valence-corrected chi connectivity index (χ2v) is 3.83. The van der Waals surface area contributed by atoms with Crippen molar-refractivity contribution in [2.24, 2.45) is 0 Å². The molecule has 3 nitrogen and oxygen atoms in total. The zero-order valence-electron chi connectivity index (χ0n) is 11.0. The lowest BCUT2D eigenvalue weighted by atomic mass is 10.2. The molecule has 1 aromatic carbocycles. The number of benzene rings is 1. The van der Waals surface area contributed by atoms with Gasteiger partial charge in [-0.25, -0.2) is 0 Å². The fourth-order valence-electron chi connectivity index (χ4n) is 1.43. The van der Waals surface area contributed by atoms with E-state index < -0.39 is 0 Å². The summed E-state index contributed by atoms with van der Waals surface area (Å²) >= 11 is 0. The first-order valence-corrected chi connectivity index (χ1v) is 5.98. The normalized spacial score (nSPS) is 11.7. The van der Waals surface area contributed by atoms with Crippen molar-refractivity contribution in [2.75, 3.05) is 20.5 Å². The number of rotatable bonds is 8. The Morgan fingerprint density at radius 2 is 2.00 bits per heavy atom. The van der Waals surface area contributed by atoms with Crippen LogP contribution in [0.15, 0.2) is 30.3 Å². The molecule has 0 bridgehead atoms. The van der Waals surface area contributed by atoms with Crippen molar-refractivity contribution in [1.82, 2.24) is 0 Å². The smallest absolute Gasteiger partial charge is 0.146 e. The molecule has 1 rings (SSSR count). The molecular formula is C15H20O3. The van der Waals surface area contributed by atoms with Crippen molar-refractivity contribution >= 4 is 0 Å². The van der Waals surface area contributed by atoms with E-state index in [-0.39, 0.29) is 12.9 Å². The van der Waals surface area contributed by atoms with Crippen LogP contribution in [-0.4, -0.2) is 26.6 Å². The molecule has 0 N–H and O–H groups in total. The van der Waals surface area contributed by atoms with E-state index in [1.807, 2.05) is 37.3 Å². The third kappa shape index (κ3) is 6.41. The first-order chi connectivity index (χ1) is 8.86. The van der Waals surface area contributed by atoms with Gasteiger partial charge in [-0.1, -0.05) is 30.3 Å². The highest BCUT2D eigenvalue weighted by atomic mass is 16.7. The molecule has 0 saturated carbocycles. The quantitative estimate of drug-likeness (QED) is 0.523. The van der Waals surface area contributed by atoms with Gasteiger partial charge in [0, 0.05) is 13.5 Å². The Morgan fingerprint density at radius 1 is 1.22 bits per heavy atom. The van der Waals surface area contributed by atoms with Gasteiger partial charge >= 0.3 is 0 Å². The maximum Gasteiger partial charge on any atom is 0.146 e. The summed E-state index contributed by atoms with van der Waals surface area (Å²) in [6.07, 6.45) is 0.621. The van der Waals surface area contributed by atoms with Gasteiger partial charge in [-0.05, 0) is 12.5 Å². The SMILES string of the molecule is CC#CCC(COCc1ccccc1)OCOC. The molecule has 0 amide bonds.